The molecule has 2 saturated heterocycles. The van der Waals surface area contributed by atoms with Crippen molar-refractivity contribution in [2.75, 3.05) is 44.2 Å². The molecule has 0 aliphatic carbocycles. The van der Waals surface area contributed by atoms with Crippen LogP contribution in [0.25, 0.3) is 0 Å². The van der Waals surface area contributed by atoms with Gasteiger partial charge in [0.25, 0.3) is 0 Å². The molecule has 0 spiro atoms. The molecular formula is C19H23BrClN5O. The fraction of sp³-hybridized carbons (Fsp3) is 0.474. The Morgan fingerprint density at radius 1 is 1.04 bits per heavy atom. The number of anilines is 1. The number of halogens is 2. The maximum atomic E-state index is 10.6. The topological polar surface area (TPSA) is 55.7 Å². The van der Waals surface area contributed by atoms with E-state index in [1.165, 1.54) is 5.56 Å². The van der Waals surface area contributed by atoms with Crippen molar-refractivity contribution in [3.8, 4) is 0 Å². The van der Waals surface area contributed by atoms with Crippen LogP contribution in [0.1, 0.15) is 5.56 Å². The first-order valence-electron chi connectivity index (χ1n) is 9.20. The van der Waals surface area contributed by atoms with Crippen LogP contribution >= 0.6 is 27.5 Å². The summed E-state index contributed by atoms with van der Waals surface area (Å²) in [5, 5.41) is 11.4. The zero-order chi connectivity index (χ0) is 18.8. The Morgan fingerprint density at radius 2 is 1.70 bits per heavy atom. The van der Waals surface area contributed by atoms with E-state index in [1.54, 1.807) is 12.4 Å². The standard InChI is InChI=1S/C19H23BrClN5O/c20-15-9-22-19(23-10-15)26-12-17(18(27)13-26)25-7-5-24(6-8-25)11-14-1-3-16(21)4-2-14/h1-4,9-10,17-18,27H,5-8,11-13H2. The number of aliphatic hydroxyl groups excluding tert-OH is 1. The van der Waals surface area contributed by atoms with Crippen molar-refractivity contribution < 1.29 is 5.11 Å². The van der Waals surface area contributed by atoms with Gasteiger partial charge in [0.15, 0.2) is 0 Å². The summed E-state index contributed by atoms with van der Waals surface area (Å²) in [7, 11) is 0. The van der Waals surface area contributed by atoms with Crippen LogP contribution < -0.4 is 4.90 Å². The Morgan fingerprint density at radius 3 is 2.37 bits per heavy atom. The van der Waals surface area contributed by atoms with Gasteiger partial charge in [-0.15, -0.1) is 0 Å². The van der Waals surface area contributed by atoms with E-state index in [0.29, 0.717) is 12.5 Å². The van der Waals surface area contributed by atoms with E-state index < -0.39 is 0 Å². The van der Waals surface area contributed by atoms with Crippen LogP contribution in [-0.4, -0.2) is 76.3 Å². The third-order valence-corrected chi connectivity index (χ3v) is 6.01. The maximum Gasteiger partial charge on any atom is 0.225 e. The minimum absolute atomic E-state index is 0.134. The smallest absolute Gasteiger partial charge is 0.225 e. The van der Waals surface area contributed by atoms with Crippen LogP contribution in [0.3, 0.4) is 0 Å². The lowest BCUT2D eigenvalue weighted by molar-refractivity contribution is 0.0424. The molecule has 0 radical (unpaired) electrons. The number of nitrogens with zero attached hydrogens (tertiary/aromatic N) is 5. The highest BCUT2D eigenvalue weighted by Gasteiger charge is 2.37. The highest BCUT2D eigenvalue weighted by atomic mass is 79.9. The third kappa shape index (κ3) is 4.60. The second-order valence-corrected chi connectivity index (χ2v) is 8.53. The molecule has 0 bridgehead atoms. The fourth-order valence-electron chi connectivity index (χ4n) is 3.86. The number of rotatable bonds is 4. The van der Waals surface area contributed by atoms with E-state index in [-0.39, 0.29) is 12.1 Å². The SMILES string of the molecule is OC1CN(c2ncc(Br)cn2)CC1N1CCN(Cc2ccc(Cl)cc2)CC1. The molecule has 1 N–H and O–H groups in total. The van der Waals surface area contributed by atoms with E-state index in [9.17, 15) is 5.11 Å². The molecule has 2 aliphatic heterocycles. The molecule has 4 rings (SSSR count). The molecule has 2 aliphatic rings. The molecule has 27 heavy (non-hydrogen) atoms. The van der Waals surface area contributed by atoms with Crippen molar-refractivity contribution in [1.82, 2.24) is 19.8 Å². The van der Waals surface area contributed by atoms with Gasteiger partial charge in [0.05, 0.1) is 16.6 Å². The van der Waals surface area contributed by atoms with Gasteiger partial charge in [-0.05, 0) is 33.6 Å². The lowest BCUT2D eigenvalue weighted by Crippen LogP contribution is -2.53. The summed E-state index contributed by atoms with van der Waals surface area (Å²) < 4.78 is 0.861. The third-order valence-electron chi connectivity index (χ3n) is 5.34. The number of β-amino-alcohol motifs (C(OH)–C–C–N with tert-alkyl or cyclic N) is 1. The predicted molar refractivity (Wildman–Crippen MR) is 110 cm³/mol. The molecule has 2 aromatic rings. The average molecular weight is 453 g/mol. The lowest BCUT2D eigenvalue weighted by Gasteiger charge is -2.38. The average Bonchev–Trinajstić information content (AvgIpc) is 3.06. The second kappa shape index (κ2) is 8.41. The van der Waals surface area contributed by atoms with Crippen LogP contribution in [0.4, 0.5) is 5.95 Å². The molecule has 2 unspecified atom stereocenters. The van der Waals surface area contributed by atoms with Crippen LogP contribution in [0.5, 0.6) is 0 Å². The first-order valence-corrected chi connectivity index (χ1v) is 10.4. The van der Waals surface area contributed by atoms with Gasteiger partial charge in [0.1, 0.15) is 0 Å². The molecule has 1 aromatic carbocycles. The highest BCUT2D eigenvalue weighted by molar-refractivity contribution is 9.10. The zero-order valence-electron chi connectivity index (χ0n) is 15.0. The molecule has 3 heterocycles. The van der Waals surface area contributed by atoms with E-state index in [2.05, 4.69) is 52.7 Å². The molecule has 0 saturated carbocycles. The minimum atomic E-state index is -0.375. The first kappa shape index (κ1) is 19.1. The monoisotopic (exact) mass is 451 g/mol. The summed E-state index contributed by atoms with van der Waals surface area (Å²) in [6, 6.07) is 8.20. The van der Waals surface area contributed by atoms with Crippen LogP contribution in [-0.2, 0) is 6.54 Å². The molecule has 0 amide bonds. The Labute approximate surface area is 172 Å². The number of benzene rings is 1. The largest absolute Gasteiger partial charge is 0.390 e. The molecule has 1 aromatic heterocycles. The molecule has 2 fully saturated rings. The Balaban J connectivity index is 1.31. The van der Waals surface area contributed by atoms with Gasteiger partial charge in [-0.3, -0.25) is 9.80 Å². The quantitative estimate of drug-likeness (QED) is 0.768. The summed E-state index contributed by atoms with van der Waals surface area (Å²) in [5.41, 5.74) is 1.28. The molecule has 8 heteroatoms. The van der Waals surface area contributed by atoms with Crippen molar-refractivity contribution >= 4 is 33.5 Å². The van der Waals surface area contributed by atoms with E-state index in [4.69, 9.17) is 11.6 Å². The number of hydrogen-bond donors (Lipinski definition) is 1. The molecule has 6 nitrogen and oxygen atoms in total. The van der Waals surface area contributed by atoms with E-state index in [0.717, 1.165) is 48.8 Å². The zero-order valence-corrected chi connectivity index (χ0v) is 17.3. The molecular weight excluding hydrogens is 430 g/mol. The van der Waals surface area contributed by atoms with Crippen molar-refractivity contribution in [2.45, 2.75) is 18.7 Å². The van der Waals surface area contributed by atoms with Crippen LogP contribution in [0.15, 0.2) is 41.1 Å². The Bertz CT molecular complexity index is 752. The van der Waals surface area contributed by atoms with Crippen molar-refractivity contribution in [2.24, 2.45) is 0 Å². The van der Waals surface area contributed by atoms with Crippen LogP contribution in [0, 0.1) is 0 Å². The second-order valence-electron chi connectivity index (χ2n) is 7.18. The highest BCUT2D eigenvalue weighted by Crippen LogP contribution is 2.22. The lowest BCUT2D eigenvalue weighted by atomic mass is 10.1. The molecule has 144 valence electrons. The fourth-order valence-corrected chi connectivity index (χ4v) is 4.19. The van der Waals surface area contributed by atoms with E-state index >= 15 is 0 Å². The summed E-state index contributed by atoms with van der Waals surface area (Å²) in [6.07, 6.45) is 3.12. The van der Waals surface area contributed by atoms with Gasteiger partial charge in [-0.25, -0.2) is 9.97 Å². The maximum absolute atomic E-state index is 10.6. The van der Waals surface area contributed by atoms with E-state index in [1.807, 2.05) is 12.1 Å². The Hall–Kier alpha value is -1.25. The van der Waals surface area contributed by atoms with Crippen molar-refractivity contribution in [3.63, 3.8) is 0 Å². The number of aliphatic hydroxyl groups is 1. The summed E-state index contributed by atoms with van der Waals surface area (Å²) in [5.74, 6) is 0.682. The van der Waals surface area contributed by atoms with Gasteiger partial charge < -0.3 is 10.0 Å². The summed E-state index contributed by atoms with van der Waals surface area (Å²) >= 11 is 9.33. The van der Waals surface area contributed by atoms with Crippen molar-refractivity contribution in [1.29, 1.82) is 0 Å². The summed E-state index contributed by atoms with van der Waals surface area (Å²) in [6.45, 7) is 6.21. The minimum Gasteiger partial charge on any atom is -0.390 e. The summed E-state index contributed by atoms with van der Waals surface area (Å²) in [4.78, 5) is 15.7. The number of aromatic nitrogens is 2. The molecule has 2 atom stereocenters. The number of piperazine rings is 1. The van der Waals surface area contributed by atoms with Gasteiger partial charge in [-0.2, -0.15) is 0 Å². The predicted octanol–water partition coefficient (Wildman–Crippen LogP) is 2.26. The van der Waals surface area contributed by atoms with Gasteiger partial charge in [0.2, 0.25) is 5.95 Å². The van der Waals surface area contributed by atoms with Crippen molar-refractivity contribution in [3.05, 3.63) is 51.7 Å². The van der Waals surface area contributed by atoms with Crippen LogP contribution in [0.2, 0.25) is 5.02 Å². The number of hydrogen-bond acceptors (Lipinski definition) is 6. The first-order chi connectivity index (χ1) is 13.1. The Kier molecular flexibility index (Phi) is 5.94. The van der Waals surface area contributed by atoms with Gasteiger partial charge in [0, 0.05) is 63.2 Å². The van der Waals surface area contributed by atoms with Gasteiger partial charge >= 0.3 is 0 Å². The van der Waals surface area contributed by atoms with Gasteiger partial charge in [-0.1, -0.05) is 23.7 Å². The normalized spacial score (nSPS) is 24.5.